The fraction of sp³-hybridized carbons (Fsp3) is 0.385. The summed E-state index contributed by atoms with van der Waals surface area (Å²) < 4.78 is 14.1. The number of benzene rings is 1. The molecule has 108 valence electrons. The van der Waals surface area contributed by atoms with E-state index < -0.39 is 23.4 Å². The number of anilines is 1. The molecule has 20 heavy (non-hydrogen) atoms. The number of rotatable bonds is 3. The lowest BCUT2D eigenvalue weighted by atomic mass is 9.98. The van der Waals surface area contributed by atoms with Crippen molar-refractivity contribution in [3.05, 3.63) is 28.5 Å². The molecule has 0 bridgehead atoms. The molecule has 2 rings (SSSR count). The van der Waals surface area contributed by atoms with Gasteiger partial charge in [0.2, 0.25) is 0 Å². The zero-order valence-electron chi connectivity index (χ0n) is 10.6. The largest absolute Gasteiger partial charge is 0.480 e. The Hall–Kier alpha value is -1.63. The van der Waals surface area contributed by atoms with Gasteiger partial charge in [-0.05, 0) is 31.0 Å². The molecular formula is C13H14BrFN2O3. The number of halogens is 2. The molecule has 1 aromatic carbocycles. The first-order valence-electron chi connectivity index (χ1n) is 6.20. The van der Waals surface area contributed by atoms with E-state index in [9.17, 15) is 19.1 Å². The van der Waals surface area contributed by atoms with Gasteiger partial charge in [0, 0.05) is 4.47 Å². The quantitative estimate of drug-likeness (QED) is 0.788. The van der Waals surface area contributed by atoms with E-state index in [2.05, 4.69) is 26.6 Å². The molecule has 3 N–H and O–H groups in total. The van der Waals surface area contributed by atoms with Crippen molar-refractivity contribution >= 4 is 33.6 Å². The van der Waals surface area contributed by atoms with Gasteiger partial charge < -0.3 is 15.7 Å². The van der Waals surface area contributed by atoms with Crippen molar-refractivity contribution in [3.8, 4) is 0 Å². The zero-order chi connectivity index (χ0) is 14.8. The van der Waals surface area contributed by atoms with Crippen LogP contribution in [0.1, 0.15) is 25.7 Å². The molecule has 0 unspecified atom stereocenters. The maximum absolute atomic E-state index is 13.5. The summed E-state index contributed by atoms with van der Waals surface area (Å²) >= 11 is 3.18. The standard InChI is InChI=1S/C13H14BrFN2O3/c14-8-3-4-9(15)10(7-8)16-12(20)17-13(11(18)19)5-1-2-6-13/h3-4,7H,1-2,5-6H2,(H,18,19)(H2,16,17,20). The molecule has 0 atom stereocenters. The molecule has 1 aliphatic rings. The Bertz CT molecular complexity index is 544. The van der Waals surface area contributed by atoms with E-state index >= 15 is 0 Å². The van der Waals surface area contributed by atoms with Gasteiger partial charge in [0.1, 0.15) is 11.4 Å². The minimum atomic E-state index is -1.24. The van der Waals surface area contributed by atoms with Gasteiger partial charge in [0.05, 0.1) is 5.69 Å². The number of amides is 2. The third kappa shape index (κ3) is 3.09. The maximum atomic E-state index is 13.5. The first-order valence-corrected chi connectivity index (χ1v) is 7.00. The number of aliphatic carboxylic acids is 1. The molecule has 1 aliphatic carbocycles. The number of carbonyl (C=O) groups is 2. The van der Waals surface area contributed by atoms with Crippen molar-refractivity contribution in [3.63, 3.8) is 0 Å². The Labute approximate surface area is 123 Å². The van der Waals surface area contributed by atoms with Crippen molar-refractivity contribution in [2.24, 2.45) is 0 Å². The summed E-state index contributed by atoms with van der Waals surface area (Å²) in [5.41, 5.74) is -1.25. The Balaban J connectivity index is 2.08. The SMILES string of the molecule is O=C(Nc1cc(Br)ccc1F)NC1(C(=O)O)CCCC1. The van der Waals surface area contributed by atoms with Gasteiger partial charge in [-0.3, -0.25) is 0 Å². The predicted molar refractivity (Wildman–Crippen MR) is 75.1 cm³/mol. The highest BCUT2D eigenvalue weighted by molar-refractivity contribution is 9.10. The van der Waals surface area contributed by atoms with E-state index in [4.69, 9.17) is 0 Å². The Kier molecular flexibility index (Phi) is 4.27. The number of carboxylic acid groups (broad SMARTS) is 1. The molecule has 5 nitrogen and oxygen atoms in total. The van der Waals surface area contributed by atoms with Crippen LogP contribution in [0, 0.1) is 5.82 Å². The van der Waals surface area contributed by atoms with Crippen LogP contribution in [0.2, 0.25) is 0 Å². The van der Waals surface area contributed by atoms with Crippen LogP contribution in [-0.4, -0.2) is 22.6 Å². The maximum Gasteiger partial charge on any atom is 0.329 e. The van der Waals surface area contributed by atoms with Gasteiger partial charge in [0.25, 0.3) is 0 Å². The van der Waals surface area contributed by atoms with Crippen molar-refractivity contribution in [2.75, 3.05) is 5.32 Å². The van der Waals surface area contributed by atoms with E-state index in [0.717, 1.165) is 12.8 Å². The van der Waals surface area contributed by atoms with Gasteiger partial charge in [-0.25, -0.2) is 14.0 Å². The number of urea groups is 1. The summed E-state index contributed by atoms with van der Waals surface area (Å²) in [6, 6.07) is 3.42. The molecule has 0 saturated heterocycles. The average molecular weight is 345 g/mol. The molecule has 0 aliphatic heterocycles. The van der Waals surface area contributed by atoms with E-state index in [1.807, 2.05) is 0 Å². The van der Waals surface area contributed by atoms with Crippen LogP contribution in [0.5, 0.6) is 0 Å². The molecule has 2 amide bonds. The average Bonchev–Trinajstić information content (AvgIpc) is 2.83. The number of hydrogen-bond acceptors (Lipinski definition) is 2. The van der Waals surface area contributed by atoms with E-state index in [1.54, 1.807) is 0 Å². The normalized spacial score (nSPS) is 16.7. The van der Waals surface area contributed by atoms with Gasteiger partial charge in [0.15, 0.2) is 0 Å². The van der Waals surface area contributed by atoms with Gasteiger partial charge in [-0.15, -0.1) is 0 Å². The van der Waals surface area contributed by atoms with Crippen molar-refractivity contribution in [1.29, 1.82) is 0 Å². The van der Waals surface area contributed by atoms with Crippen LogP contribution < -0.4 is 10.6 Å². The second-order valence-electron chi connectivity index (χ2n) is 4.80. The van der Waals surface area contributed by atoms with Crippen LogP contribution >= 0.6 is 15.9 Å². The first-order chi connectivity index (χ1) is 9.43. The third-order valence-electron chi connectivity index (χ3n) is 3.40. The minimum absolute atomic E-state index is 0.00425. The minimum Gasteiger partial charge on any atom is -0.480 e. The molecular weight excluding hydrogens is 331 g/mol. The Morgan fingerprint density at radius 1 is 1.30 bits per heavy atom. The number of nitrogens with one attached hydrogen (secondary N) is 2. The van der Waals surface area contributed by atoms with Crippen LogP contribution in [0.25, 0.3) is 0 Å². The fourth-order valence-electron chi connectivity index (χ4n) is 2.34. The second kappa shape index (κ2) is 5.78. The Morgan fingerprint density at radius 3 is 2.55 bits per heavy atom. The summed E-state index contributed by atoms with van der Waals surface area (Å²) in [6.07, 6.45) is 2.27. The summed E-state index contributed by atoms with van der Waals surface area (Å²) in [7, 11) is 0. The lowest BCUT2D eigenvalue weighted by Crippen LogP contribution is -2.53. The predicted octanol–water partition coefficient (Wildman–Crippen LogP) is 3.11. The van der Waals surface area contributed by atoms with Gasteiger partial charge in [-0.2, -0.15) is 0 Å². The number of carbonyl (C=O) groups excluding carboxylic acids is 1. The van der Waals surface area contributed by atoms with Crippen molar-refractivity contribution < 1.29 is 19.1 Å². The van der Waals surface area contributed by atoms with Crippen LogP contribution in [0.15, 0.2) is 22.7 Å². The molecule has 0 heterocycles. The summed E-state index contributed by atoms with van der Waals surface area (Å²) in [6.45, 7) is 0. The lowest BCUT2D eigenvalue weighted by Gasteiger charge is -2.25. The lowest BCUT2D eigenvalue weighted by molar-refractivity contribution is -0.144. The monoisotopic (exact) mass is 344 g/mol. The molecule has 7 heteroatoms. The van der Waals surface area contributed by atoms with Crippen LogP contribution in [0.4, 0.5) is 14.9 Å². The van der Waals surface area contributed by atoms with Crippen LogP contribution in [-0.2, 0) is 4.79 Å². The van der Waals surface area contributed by atoms with Crippen LogP contribution in [0.3, 0.4) is 0 Å². The van der Waals surface area contributed by atoms with Gasteiger partial charge >= 0.3 is 12.0 Å². The summed E-state index contributed by atoms with van der Waals surface area (Å²) in [5.74, 6) is -1.64. The molecule has 0 spiro atoms. The molecule has 0 radical (unpaired) electrons. The summed E-state index contributed by atoms with van der Waals surface area (Å²) in [4.78, 5) is 23.2. The van der Waals surface area contributed by atoms with E-state index in [0.29, 0.717) is 17.3 Å². The van der Waals surface area contributed by atoms with E-state index in [1.165, 1.54) is 18.2 Å². The smallest absolute Gasteiger partial charge is 0.329 e. The number of carboxylic acids is 1. The highest BCUT2D eigenvalue weighted by Crippen LogP contribution is 2.30. The highest BCUT2D eigenvalue weighted by Gasteiger charge is 2.42. The molecule has 1 saturated carbocycles. The van der Waals surface area contributed by atoms with Gasteiger partial charge in [-0.1, -0.05) is 28.8 Å². The number of hydrogen-bond donors (Lipinski definition) is 3. The Morgan fingerprint density at radius 2 is 1.95 bits per heavy atom. The van der Waals surface area contributed by atoms with Crippen molar-refractivity contribution in [1.82, 2.24) is 5.32 Å². The van der Waals surface area contributed by atoms with E-state index in [-0.39, 0.29) is 5.69 Å². The second-order valence-corrected chi connectivity index (χ2v) is 5.71. The first kappa shape index (κ1) is 14.8. The fourth-order valence-corrected chi connectivity index (χ4v) is 2.70. The highest BCUT2D eigenvalue weighted by atomic mass is 79.9. The van der Waals surface area contributed by atoms with Crippen molar-refractivity contribution in [2.45, 2.75) is 31.2 Å². The molecule has 0 aromatic heterocycles. The third-order valence-corrected chi connectivity index (χ3v) is 3.89. The zero-order valence-corrected chi connectivity index (χ0v) is 12.2. The topological polar surface area (TPSA) is 78.4 Å². The summed E-state index contributed by atoms with van der Waals surface area (Å²) in [5, 5.41) is 14.0. The molecule has 1 fully saturated rings. The molecule has 1 aromatic rings.